The highest BCUT2D eigenvalue weighted by Crippen LogP contribution is 2.19. The number of ether oxygens (including phenoxy) is 2. The molecule has 0 radical (unpaired) electrons. The van der Waals surface area contributed by atoms with Crippen LogP contribution in [-0.2, 0) is 19.1 Å². The van der Waals surface area contributed by atoms with Crippen molar-refractivity contribution in [3.8, 4) is 0 Å². The summed E-state index contributed by atoms with van der Waals surface area (Å²) in [7, 11) is 1.68. The third-order valence-electron chi connectivity index (χ3n) is 5.35. The van der Waals surface area contributed by atoms with E-state index in [2.05, 4.69) is 10.2 Å². The van der Waals surface area contributed by atoms with E-state index in [1.165, 1.54) is 9.80 Å². The first-order valence-electron chi connectivity index (χ1n) is 10.4. The molecule has 0 saturated carbocycles. The van der Waals surface area contributed by atoms with Crippen molar-refractivity contribution >= 4 is 23.2 Å². The summed E-state index contributed by atoms with van der Waals surface area (Å²) in [4.78, 5) is 29.8. The molecule has 2 heterocycles. The molecule has 3 rings (SSSR count). The third-order valence-corrected chi connectivity index (χ3v) is 5.35. The average Bonchev–Trinajstić information content (AvgIpc) is 2.68. The van der Waals surface area contributed by atoms with Crippen molar-refractivity contribution in [1.29, 1.82) is 0 Å². The Bertz CT molecular complexity index is 680. The Labute approximate surface area is 172 Å². The number of rotatable bonds is 6. The molecule has 0 unspecified atom stereocenters. The van der Waals surface area contributed by atoms with Crippen molar-refractivity contribution in [2.45, 2.75) is 26.1 Å². The van der Waals surface area contributed by atoms with E-state index < -0.39 is 0 Å². The highest BCUT2D eigenvalue weighted by Gasteiger charge is 2.28. The number of morpholine rings is 2. The summed E-state index contributed by atoms with van der Waals surface area (Å²) >= 11 is 0. The number of likely N-dealkylation sites (N-methyl/N-ethyl adjacent to an activating group) is 1. The summed E-state index contributed by atoms with van der Waals surface area (Å²) in [5.41, 5.74) is 1.85. The number of hydrogen-bond donors (Lipinski definition) is 2. The van der Waals surface area contributed by atoms with Crippen molar-refractivity contribution in [2.24, 2.45) is 0 Å². The van der Waals surface area contributed by atoms with Crippen LogP contribution < -0.4 is 15.1 Å². The number of nitrogens with zero attached hydrogens (tertiary/aromatic N) is 2. The Morgan fingerprint density at radius 1 is 1.14 bits per heavy atom. The van der Waals surface area contributed by atoms with E-state index in [9.17, 15) is 9.59 Å². The van der Waals surface area contributed by atoms with Gasteiger partial charge in [0.2, 0.25) is 5.91 Å². The van der Waals surface area contributed by atoms with Crippen LogP contribution in [0.1, 0.15) is 13.8 Å². The minimum absolute atomic E-state index is 0.0286. The number of amides is 2. The van der Waals surface area contributed by atoms with Crippen LogP contribution in [-0.4, -0.2) is 88.5 Å². The van der Waals surface area contributed by atoms with Crippen molar-refractivity contribution in [3.63, 3.8) is 0 Å². The first-order valence-corrected chi connectivity index (χ1v) is 10.4. The number of nitrogens with one attached hydrogen (secondary N) is 2. The number of anilines is 2. The zero-order valence-corrected chi connectivity index (χ0v) is 17.6. The largest absolute Gasteiger partial charge is 0.378 e. The van der Waals surface area contributed by atoms with E-state index in [1.807, 2.05) is 38.1 Å². The first-order chi connectivity index (χ1) is 13.9. The smallest absolute Gasteiger partial charge is 0.277 e. The van der Waals surface area contributed by atoms with Gasteiger partial charge < -0.3 is 29.5 Å². The summed E-state index contributed by atoms with van der Waals surface area (Å²) < 4.78 is 11.1. The van der Waals surface area contributed by atoms with Crippen LogP contribution in [0.5, 0.6) is 0 Å². The van der Waals surface area contributed by atoms with Gasteiger partial charge in [-0.25, -0.2) is 0 Å². The molecule has 2 amide bonds. The van der Waals surface area contributed by atoms with E-state index in [0.717, 1.165) is 50.8 Å². The van der Waals surface area contributed by atoms with Crippen LogP contribution >= 0.6 is 0 Å². The number of carbonyl (C=O) groups excluding carboxylic acids is 2. The molecule has 2 aliphatic rings. The monoisotopic (exact) mass is 405 g/mol. The number of carbonyl (C=O) groups is 2. The Kier molecular flexibility index (Phi) is 7.46. The summed E-state index contributed by atoms with van der Waals surface area (Å²) in [6, 6.07) is 7.79. The lowest BCUT2D eigenvalue weighted by Gasteiger charge is -2.32. The number of benzene rings is 1. The van der Waals surface area contributed by atoms with Gasteiger partial charge in [-0.05, 0) is 38.1 Å². The van der Waals surface area contributed by atoms with E-state index >= 15 is 0 Å². The van der Waals surface area contributed by atoms with Crippen LogP contribution in [0.4, 0.5) is 11.4 Å². The summed E-state index contributed by atoms with van der Waals surface area (Å²) in [6.07, 6.45) is 0.297. The molecule has 0 aromatic heterocycles. The van der Waals surface area contributed by atoms with Crippen LogP contribution in [0.3, 0.4) is 0 Å². The fourth-order valence-corrected chi connectivity index (χ4v) is 3.96. The Hall–Kier alpha value is -2.16. The summed E-state index contributed by atoms with van der Waals surface area (Å²) in [6.45, 7) is 9.34. The second kappa shape index (κ2) is 10.0. The molecule has 0 bridgehead atoms. The lowest BCUT2D eigenvalue weighted by Crippen LogP contribution is -3.16. The molecule has 8 nitrogen and oxygen atoms in total. The molecular weight excluding hydrogens is 372 g/mol. The molecule has 8 heteroatoms. The Morgan fingerprint density at radius 3 is 2.38 bits per heavy atom. The normalized spacial score (nSPS) is 24.8. The molecule has 29 heavy (non-hydrogen) atoms. The zero-order chi connectivity index (χ0) is 20.8. The molecule has 1 aromatic rings. The van der Waals surface area contributed by atoms with Gasteiger partial charge in [0.25, 0.3) is 5.91 Å². The Morgan fingerprint density at radius 2 is 1.76 bits per heavy atom. The maximum absolute atomic E-state index is 12.5. The fourth-order valence-electron chi connectivity index (χ4n) is 3.96. The van der Waals surface area contributed by atoms with Crippen molar-refractivity contribution in [2.75, 3.05) is 69.7 Å². The molecule has 2 atom stereocenters. The molecule has 1 aromatic carbocycles. The Balaban J connectivity index is 1.45. The molecule has 2 N–H and O–H groups in total. The number of quaternary nitrogens is 1. The van der Waals surface area contributed by atoms with Gasteiger partial charge in [0.05, 0.1) is 19.8 Å². The fraction of sp³-hybridized carbons (Fsp3) is 0.619. The summed E-state index contributed by atoms with van der Waals surface area (Å²) in [5, 5.41) is 2.87. The molecule has 2 fully saturated rings. The second-order valence-electron chi connectivity index (χ2n) is 8.04. The average molecular weight is 406 g/mol. The topological polar surface area (TPSA) is 75.6 Å². The molecule has 160 valence electrons. The lowest BCUT2D eigenvalue weighted by atomic mass is 10.2. The predicted molar refractivity (Wildman–Crippen MR) is 111 cm³/mol. The highest BCUT2D eigenvalue weighted by molar-refractivity contribution is 5.94. The van der Waals surface area contributed by atoms with Crippen molar-refractivity contribution < 1.29 is 24.0 Å². The van der Waals surface area contributed by atoms with E-state index in [1.54, 1.807) is 7.05 Å². The van der Waals surface area contributed by atoms with Gasteiger partial charge in [0.15, 0.2) is 6.54 Å². The van der Waals surface area contributed by atoms with Crippen LogP contribution in [0.25, 0.3) is 0 Å². The standard InChI is InChI=1S/C21H32N4O4/c1-16-12-24(13-17(2)29-16)15-21(27)23(3)14-20(26)22-18-4-6-19(7-5-18)25-8-10-28-11-9-25/h4-7,16-17H,8-15H2,1-3H3,(H,22,26)/p+1/t16-,17-/m0/s1. The molecular formula is C21H33N4O4+. The van der Waals surface area contributed by atoms with Crippen LogP contribution in [0, 0.1) is 0 Å². The van der Waals surface area contributed by atoms with E-state index in [-0.39, 0.29) is 30.6 Å². The zero-order valence-electron chi connectivity index (χ0n) is 17.6. The number of hydrogen-bond acceptors (Lipinski definition) is 5. The first kappa shape index (κ1) is 21.5. The minimum atomic E-state index is -0.196. The van der Waals surface area contributed by atoms with Gasteiger partial charge in [0, 0.05) is 31.5 Å². The molecule has 2 aliphatic heterocycles. The lowest BCUT2D eigenvalue weighted by molar-refractivity contribution is -0.907. The molecule has 2 saturated heterocycles. The van der Waals surface area contributed by atoms with Gasteiger partial charge in [-0.1, -0.05) is 0 Å². The predicted octanol–water partition coefficient (Wildman–Crippen LogP) is -0.388. The van der Waals surface area contributed by atoms with E-state index in [4.69, 9.17) is 9.47 Å². The second-order valence-corrected chi connectivity index (χ2v) is 8.04. The van der Waals surface area contributed by atoms with Crippen molar-refractivity contribution in [1.82, 2.24) is 4.90 Å². The molecule has 0 aliphatic carbocycles. The minimum Gasteiger partial charge on any atom is -0.378 e. The van der Waals surface area contributed by atoms with Crippen LogP contribution in [0.15, 0.2) is 24.3 Å². The maximum Gasteiger partial charge on any atom is 0.277 e. The van der Waals surface area contributed by atoms with Gasteiger partial charge >= 0.3 is 0 Å². The maximum atomic E-state index is 12.5. The van der Waals surface area contributed by atoms with E-state index in [0.29, 0.717) is 6.54 Å². The van der Waals surface area contributed by atoms with Gasteiger partial charge in [-0.2, -0.15) is 0 Å². The van der Waals surface area contributed by atoms with Gasteiger partial charge in [0.1, 0.15) is 25.3 Å². The van der Waals surface area contributed by atoms with Crippen LogP contribution in [0.2, 0.25) is 0 Å². The quantitative estimate of drug-likeness (QED) is 0.675. The third kappa shape index (κ3) is 6.42. The molecule has 0 spiro atoms. The SMILES string of the molecule is C[C@H]1C[NH+](CC(=O)N(C)CC(=O)Nc2ccc(N3CCOCC3)cc2)C[C@H](C)O1. The van der Waals surface area contributed by atoms with Gasteiger partial charge in [-0.3, -0.25) is 9.59 Å². The van der Waals surface area contributed by atoms with Crippen molar-refractivity contribution in [3.05, 3.63) is 24.3 Å². The van der Waals surface area contributed by atoms with Gasteiger partial charge in [-0.15, -0.1) is 0 Å². The highest BCUT2D eigenvalue weighted by atomic mass is 16.5. The summed E-state index contributed by atoms with van der Waals surface area (Å²) in [5.74, 6) is -0.224.